The fourth-order valence-electron chi connectivity index (χ4n) is 6.08. The molecular formula is C36H47F. The lowest BCUT2D eigenvalue weighted by atomic mass is 9.77. The van der Waals surface area contributed by atoms with Gasteiger partial charge in [-0.15, -0.1) is 0 Å². The highest BCUT2D eigenvalue weighted by molar-refractivity contribution is 5.65. The Kier molecular flexibility index (Phi) is 10.8. The molecule has 0 nitrogen and oxygen atoms in total. The molecule has 0 unspecified atom stereocenters. The number of rotatable bonds is 13. The first-order valence-corrected chi connectivity index (χ1v) is 15.1. The quantitative estimate of drug-likeness (QED) is 0.206. The summed E-state index contributed by atoms with van der Waals surface area (Å²) >= 11 is 0. The van der Waals surface area contributed by atoms with Crippen molar-refractivity contribution in [3.05, 3.63) is 94.8 Å². The molecule has 1 aliphatic rings. The van der Waals surface area contributed by atoms with E-state index in [4.69, 9.17) is 0 Å². The van der Waals surface area contributed by atoms with Crippen molar-refractivity contribution in [1.82, 2.24) is 0 Å². The SMILES string of the molecule is CCCCCc1ccc(CCc2ccc(-c3ccc([C@H]4CC[C@H](CCCCC)CC4)cc3F)cc2)cc1. The Morgan fingerprint density at radius 3 is 1.78 bits per heavy atom. The average molecular weight is 499 g/mol. The molecule has 0 spiro atoms. The molecule has 1 saturated carbocycles. The molecule has 3 aromatic carbocycles. The molecule has 4 rings (SSSR count). The fourth-order valence-corrected chi connectivity index (χ4v) is 6.08. The summed E-state index contributed by atoms with van der Waals surface area (Å²) in [5, 5.41) is 0. The van der Waals surface area contributed by atoms with Gasteiger partial charge in [-0.1, -0.05) is 113 Å². The summed E-state index contributed by atoms with van der Waals surface area (Å²) in [5.41, 5.74) is 7.04. The minimum Gasteiger partial charge on any atom is -0.206 e. The number of benzene rings is 3. The molecule has 0 amide bonds. The summed E-state index contributed by atoms with van der Waals surface area (Å²) in [6, 6.07) is 23.7. The molecule has 3 aromatic rings. The number of hydrogen-bond acceptors (Lipinski definition) is 0. The lowest BCUT2D eigenvalue weighted by Crippen LogP contribution is -2.13. The summed E-state index contributed by atoms with van der Waals surface area (Å²) in [4.78, 5) is 0. The van der Waals surface area contributed by atoms with Crippen molar-refractivity contribution in [3.8, 4) is 11.1 Å². The molecule has 0 radical (unpaired) electrons. The highest BCUT2D eigenvalue weighted by Crippen LogP contribution is 2.39. The third kappa shape index (κ3) is 8.29. The lowest BCUT2D eigenvalue weighted by Gasteiger charge is -2.29. The van der Waals surface area contributed by atoms with Crippen molar-refractivity contribution < 1.29 is 4.39 Å². The maximum absolute atomic E-state index is 15.2. The van der Waals surface area contributed by atoms with Gasteiger partial charge in [-0.25, -0.2) is 4.39 Å². The van der Waals surface area contributed by atoms with Gasteiger partial charge in [0.2, 0.25) is 0 Å². The summed E-state index contributed by atoms with van der Waals surface area (Å²) in [7, 11) is 0. The summed E-state index contributed by atoms with van der Waals surface area (Å²) in [5.74, 6) is 1.34. The maximum atomic E-state index is 15.2. The van der Waals surface area contributed by atoms with Crippen LogP contribution in [0.1, 0.15) is 113 Å². The minimum atomic E-state index is -0.0747. The van der Waals surface area contributed by atoms with Gasteiger partial charge in [-0.3, -0.25) is 0 Å². The highest BCUT2D eigenvalue weighted by Gasteiger charge is 2.23. The van der Waals surface area contributed by atoms with Gasteiger partial charge < -0.3 is 0 Å². The van der Waals surface area contributed by atoms with Crippen LogP contribution in [0, 0.1) is 11.7 Å². The minimum absolute atomic E-state index is 0.0747. The lowest BCUT2D eigenvalue weighted by molar-refractivity contribution is 0.302. The summed E-state index contributed by atoms with van der Waals surface area (Å²) < 4.78 is 15.2. The Labute approximate surface area is 225 Å². The van der Waals surface area contributed by atoms with Gasteiger partial charge in [0.05, 0.1) is 0 Å². The number of aryl methyl sites for hydroxylation is 3. The standard InChI is InChI=1S/C36H47F/c1-3-5-7-9-28-11-13-30(14-12-28)15-16-31-19-23-33(24-20-31)35-26-25-34(27-36(35)37)32-21-17-29(18-22-32)10-8-6-4-2/h11-14,19-20,23-27,29,32H,3-10,15-18,21-22H2,1-2H3/t29-,32-. The molecule has 37 heavy (non-hydrogen) atoms. The Morgan fingerprint density at radius 2 is 1.19 bits per heavy atom. The van der Waals surface area contributed by atoms with Crippen molar-refractivity contribution >= 4 is 0 Å². The first-order chi connectivity index (χ1) is 18.2. The molecule has 0 aliphatic heterocycles. The van der Waals surface area contributed by atoms with Crippen LogP contribution >= 0.6 is 0 Å². The van der Waals surface area contributed by atoms with Crippen LogP contribution in [0.15, 0.2) is 66.7 Å². The number of hydrogen-bond donors (Lipinski definition) is 0. The molecule has 0 atom stereocenters. The van der Waals surface area contributed by atoms with Gasteiger partial charge in [-0.05, 0) is 97.1 Å². The van der Waals surface area contributed by atoms with Crippen molar-refractivity contribution in [2.75, 3.05) is 0 Å². The van der Waals surface area contributed by atoms with E-state index in [9.17, 15) is 0 Å². The van der Waals surface area contributed by atoms with E-state index in [2.05, 4.69) is 68.4 Å². The molecule has 0 heterocycles. The van der Waals surface area contributed by atoms with Crippen LogP contribution in [0.25, 0.3) is 11.1 Å². The van der Waals surface area contributed by atoms with Crippen LogP contribution in [0.2, 0.25) is 0 Å². The van der Waals surface area contributed by atoms with E-state index in [0.717, 1.165) is 29.9 Å². The van der Waals surface area contributed by atoms with E-state index < -0.39 is 0 Å². The third-order valence-electron chi connectivity index (χ3n) is 8.59. The Hall–Kier alpha value is -2.41. The summed E-state index contributed by atoms with van der Waals surface area (Å²) in [6.07, 6.45) is 17.6. The smallest absolute Gasteiger partial charge is 0.131 e. The highest BCUT2D eigenvalue weighted by atomic mass is 19.1. The molecule has 1 fully saturated rings. The van der Waals surface area contributed by atoms with Crippen LogP contribution < -0.4 is 0 Å². The van der Waals surface area contributed by atoms with Crippen LogP contribution in [0.3, 0.4) is 0 Å². The predicted octanol–water partition coefficient (Wildman–Crippen LogP) is 10.9. The van der Waals surface area contributed by atoms with Gasteiger partial charge in [-0.2, -0.15) is 0 Å². The van der Waals surface area contributed by atoms with Gasteiger partial charge in [0, 0.05) is 5.56 Å². The summed E-state index contributed by atoms with van der Waals surface area (Å²) in [6.45, 7) is 4.53. The third-order valence-corrected chi connectivity index (χ3v) is 8.59. The molecule has 1 aliphatic carbocycles. The van der Waals surface area contributed by atoms with E-state index in [1.807, 2.05) is 12.1 Å². The van der Waals surface area contributed by atoms with E-state index in [-0.39, 0.29) is 5.82 Å². The zero-order valence-corrected chi connectivity index (χ0v) is 23.3. The van der Waals surface area contributed by atoms with Crippen LogP contribution in [0.5, 0.6) is 0 Å². The molecule has 0 N–H and O–H groups in total. The van der Waals surface area contributed by atoms with Crippen LogP contribution in [0.4, 0.5) is 4.39 Å². The Balaban J connectivity index is 1.28. The second-order valence-corrected chi connectivity index (χ2v) is 11.4. The molecule has 1 heteroatoms. The molecule has 198 valence electrons. The van der Waals surface area contributed by atoms with E-state index in [0.29, 0.717) is 5.92 Å². The van der Waals surface area contributed by atoms with E-state index >= 15 is 4.39 Å². The van der Waals surface area contributed by atoms with Crippen LogP contribution in [-0.4, -0.2) is 0 Å². The second kappa shape index (κ2) is 14.5. The van der Waals surface area contributed by atoms with Crippen molar-refractivity contribution in [3.63, 3.8) is 0 Å². The van der Waals surface area contributed by atoms with Crippen molar-refractivity contribution in [2.24, 2.45) is 5.92 Å². The largest absolute Gasteiger partial charge is 0.206 e. The number of unbranched alkanes of at least 4 members (excludes halogenated alkanes) is 4. The second-order valence-electron chi connectivity index (χ2n) is 11.4. The predicted molar refractivity (Wildman–Crippen MR) is 158 cm³/mol. The van der Waals surface area contributed by atoms with Crippen molar-refractivity contribution in [2.45, 2.75) is 110 Å². The molecule has 0 saturated heterocycles. The first-order valence-electron chi connectivity index (χ1n) is 15.1. The average Bonchev–Trinajstić information content (AvgIpc) is 2.94. The normalized spacial score (nSPS) is 17.7. The van der Waals surface area contributed by atoms with Gasteiger partial charge >= 0.3 is 0 Å². The van der Waals surface area contributed by atoms with E-state index in [1.54, 1.807) is 0 Å². The zero-order chi connectivity index (χ0) is 25.9. The fraction of sp³-hybridized carbons (Fsp3) is 0.500. The van der Waals surface area contributed by atoms with Gasteiger partial charge in [0.1, 0.15) is 5.82 Å². The Bertz CT molecular complexity index is 1050. The van der Waals surface area contributed by atoms with Crippen LogP contribution in [-0.2, 0) is 19.3 Å². The number of halogens is 1. The molecular weight excluding hydrogens is 451 g/mol. The molecule has 0 aromatic heterocycles. The van der Waals surface area contributed by atoms with E-state index in [1.165, 1.54) is 99.3 Å². The topological polar surface area (TPSA) is 0 Å². The molecule has 0 bridgehead atoms. The monoisotopic (exact) mass is 498 g/mol. The zero-order valence-electron chi connectivity index (χ0n) is 23.3. The van der Waals surface area contributed by atoms with Gasteiger partial charge in [0.15, 0.2) is 0 Å². The van der Waals surface area contributed by atoms with Crippen molar-refractivity contribution in [1.29, 1.82) is 0 Å². The van der Waals surface area contributed by atoms with Gasteiger partial charge in [0.25, 0.3) is 0 Å². The first kappa shape index (κ1) is 27.6. The Morgan fingerprint density at radius 1 is 0.622 bits per heavy atom. The maximum Gasteiger partial charge on any atom is 0.131 e.